The number of nitro benzene ring substituents is 2. The second-order valence-electron chi connectivity index (χ2n) is 26.0. The zero-order chi connectivity index (χ0) is 95.7. The Morgan fingerprint density at radius 1 is 0.589 bits per heavy atom. The van der Waals surface area contributed by atoms with Gasteiger partial charge in [0.05, 0.1) is 79.1 Å². The number of anilines is 2. The van der Waals surface area contributed by atoms with Crippen LogP contribution in [0.25, 0.3) is 16.2 Å². The summed E-state index contributed by atoms with van der Waals surface area (Å²) in [6.45, 7) is 12.9. The monoisotopic (exact) mass is 1900 g/mol. The maximum atomic E-state index is 13.4. The predicted molar refractivity (Wildman–Crippen MR) is 493 cm³/mol. The topological polar surface area (TPSA) is 481 Å². The summed E-state index contributed by atoms with van der Waals surface area (Å²) in [4.78, 5) is 69.6. The summed E-state index contributed by atoms with van der Waals surface area (Å²) < 4.78 is 71.5. The Morgan fingerprint density at radius 3 is 1.47 bits per heavy atom. The minimum Gasteiger partial charge on any atom is -0.497 e. The van der Waals surface area contributed by atoms with Crippen LogP contribution in [-0.4, -0.2) is 150 Å². The number of nitro groups is 2. The van der Waals surface area contributed by atoms with Crippen LogP contribution < -0.4 is 52.5 Å². The van der Waals surface area contributed by atoms with Crippen LogP contribution in [0, 0.1) is 51.0 Å². The van der Waals surface area contributed by atoms with Crippen LogP contribution >= 0.6 is 51.5 Å². The van der Waals surface area contributed by atoms with Crippen LogP contribution in [0.5, 0.6) is 23.0 Å². The van der Waals surface area contributed by atoms with Crippen molar-refractivity contribution in [2.24, 2.45) is 23.1 Å². The number of hydrogen-bond acceptors (Lipinski definition) is 23. The average Bonchev–Trinajstić information content (AvgIpc) is 1.64. The number of nitrogen functional groups attached to an aromatic ring is 1. The summed E-state index contributed by atoms with van der Waals surface area (Å²) in [7, 11) is 28.5. The Kier molecular flexibility index (Phi) is 48.6. The fourth-order valence-electron chi connectivity index (χ4n) is 10.5. The first kappa shape index (κ1) is 108. The molecule has 1 aliphatic carbocycles. The van der Waals surface area contributed by atoms with E-state index in [0.717, 1.165) is 58.9 Å². The smallest absolute Gasteiger partial charge is 0.497 e. The Morgan fingerprint density at radius 2 is 1.04 bits per heavy atom. The zero-order valence-corrected chi connectivity index (χ0v) is 75.3. The largest absolute Gasteiger partial charge is 0.643 e. The number of para-hydroxylation sites is 1. The van der Waals surface area contributed by atoms with Crippen molar-refractivity contribution in [3.8, 4) is 40.4 Å². The number of halogens is 8. The Bertz CT molecular complexity index is 5630. The van der Waals surface area contributed by atoms with Gasteiger partial charge in [-0.3, -0.25) is 29.8 Å². The molecular weight excluding hydrogens is 1820 g/mol. The number of carboxylic acids is 2. The fourth-order valence-corrected chi connectivity index (χ4v) is 10.5. The normalized spacial score (nSPS) is 11.0. The number of aromatic carboxylic acids is 2. The molecule has 0 radical (unpaired) electrons. The van der Waals surface area contributed by atoms with Crippen LogP contribution in [0.15, 0.2) is 261 Å². The summed E-state index contributed by atoms with van der Waals surface area (Å²) in [5.41, 5.74) is 25.6. The van der Waals surface area contributed by atoms with E-state index < -0.39 is 72.4 Å². The summed E-state index contributed by atoms with van der Waals surface area (Å²) in [6, 6.07) is 71.1. The molecule has 0 spiro atoms. The number of benzene rings is 10. The molecule has 2 heterocycles. The predicted octanol–water partition coefficient (Wildman–Crippen LogP) is 17.3. The number of rotatable bonds is 23. The van der Waals surface area contributed by atoms with Crippen LogP contribution in [0.1, 0.15) is 112 Å². The second kappa shape index (κ2) is 57.8. The number of nitrogens with two attached hydrogens (primary N) is 4. The average molecular weight is 1910 g/mol. The van der Waals surface area contributed by atoms with Gasteiger partial charge < -0.3 is 72.9 Å². The molecule has 12 aromatic rings. The maximum Gasteiger partial charge on any atom is 0.643 e. The number of non-ortho nitro benzene ring substituents is 2. The van der Waals surface area contributed by atoms with Gasteiger partial charge in [0.25, 0.3) is 17.3 Å². The number of carbonyl (C=O) groups is 4. The number of alkyl halides is 3. The number of aliphatic hydroxyl groups excluding tert-OH is 2. The lowest BCUT2D eigenvalue weighted by Crippen LogP contribution is -2.27. The van der Waals surface area contributed by atoms with Gasteiger partial charge in [-0.1, -0.05) is 103 Å². The number of aliphatic hydroxyl groups is 2. The molecule has 14 N–H and O–H groups in total. The molecule has 678 valence electrons. The molecule has 0 aliphatic heterocycles. The molecule has 2 atom stereocenters. The number of methoxy groups -OCH3 is 4. The van der Waals surface area contributed by atoms with Gasteiger partial charge in [0.15, 0.2) is 22.9 Å². The molecule has 0 saturated heterocycles. The van der Waals surface area contributed by atoms with Crippen LogP contribution in [-0.2, 0) is 15.4 Å². The van der Waals surface area contributed by atoms with Crippen molar-refractivity contribution in [3.63, 3.8) is 0 Å². The SMILES string of the molecule is COc1ccc(C(=O)c2cccc([N+](=O)[O-])c2)cc1.COc1ccc(C(O)c2cccc(N)c2)cc1.COc1ccccc1.Cc1cc(C(=O)O)n(-c2cccc(C#N)c2)n1.NCC1CC1.NCCNCCN.O=C(O)c1cccc([N+](=O)[O-])c1.O=S(Cl)Cl.[C-]#[N+]c1cccc(-n2nc(C(F)(F)F)cc2C(=O)Nc2cccc(C(O)c3ccc(OC)cc3)c2)c1.[Cl][Al]([Cl])[Cl]. The summed E-state index contributed by atoms with van der Waals surface area (Å²) in [5.74, 6) is 0.552. The minimum atomic E-state index is -4.78. The maximum absolute atomic E-state index is 13.4. The number of ketones is 1. The van der Waals surface area contributed by atoms with Gasteiger partial charge in [0.2, 0.25) is 9.23 Å². The van der Waals surface area contributed by atoms with Crippen molar-refractivity contribution >= 4 is 124 Å². The van der Waals surface area contributed by atoms with E-state index in [1.54, 1.807) is 130 Å². The van der Waals surface area contributed by atoms with Crippen molar-refractivity contribution in [3.05, 3.63) is 360 Å². The third-order valence-corrected chi connectivity index (χ3v) is 16.9. The number of amides is 1. The minimum absolute atomic E-state index is 0.0794. The highest BCUT2D eigenvalue weighted by Gasteiger charge is 2.36. The van der Waals surface area contributed by atoms with Gasteiger partial charge in [0, 0.05) is 100 Å². The first-order valence-electron chi connectivity index (χ1n) is 37.8. The van der Waals surface area contributed by atoms with E-state index in [1.165, 1.54) is 105 Å². The number of carboxylic acid groups (broad SMARTS) is 2. The number of aryl methyl sites for hydroxylation is 1. The van der Waals surface area contributed by atoms with Gasteiger partial charge in [-0.15, -0.1) is 0 Å². The van der Waals surface area contributed by atoms with Crippen molar-refractivity contribution in [1.82, 2.24) is 24.9 Å². The highest BCUT2D eigenvalue weighted by atomic mass is 36.0. The first-order valence-corrected chi connectivity index (χ1v) is 45.9. The Labute approximate surface area is 768 Å². The van der Waals surface area contributed by atoms with E-state index in [0.29, 0.717) is 75.5 Å². The molecule has 31 nitrogen and oxygen atoms in total. The highest BCUT2D eigenvalue weighted by molar-refractivity contribution is 8.26. The molecule has 10 aromatic carbocycles. The summed E-state index contributed by atoms with van der Waals surface area (Å²) in [5, 5.41) is 81.4. The van der Waals surface area contributed by atoms with Crippen LogP contribution in [0.2, 0.25) is 0 Å². The molecule has 1 amide bonds. The Hall–Kier alpha value is -12.8. The molecule has 129 heavy (non-hydrogen) atoms. The van der Waals surface area contributed by atoms with Crippen molar-refractivity contribution in [1.29, 1.82) is 5.26 Å². The number of carbonyl (C=O) groups excluding carboxylic acids is 2. The van der Waals surface area contributed by atoms with E-state index in [-0.39, 0.29) is 51.2 Å². The van der Waals surface area contributed by atoms with Crippen LogP contribution in [0.3, 0.4) is 0 Å². The lowest BCUT2D eigenvalue weighted by Gasteiger charge is -2.14. The standard InChI is InChI=1S/C26H19F3N4O3.C14H11NO4.C14H15NO2.C12H9N3O2.C7H5NO4.C7H8O.C4H13N3.C4H9N.Al.Cl2OS.3ClH/c1-30-18-6-4-8-20(14-18)33-22(15-23(32-33)26(27,28)29)25(35)31-19-7-3-5-17(13-19)24(34)16-9-11-21(36-2)12-10-16;1-19-13-7-5-10(6-8-13)14(16)11-3-2-4-12(9-11)15(17)18;1-17-13-7-5-10(6-8-13)14(16)11-3-2-4-12(15)9-11;1-8-5-11(12(16)17)15(14-8)10-4-2-3-9(6-10)7-13;9-7(10)5-2-1-3-6(4-5)8(11)12;1-8-7-5-3-2-4-6-7;5-1-3-7-4-2-6;5-3-4-1-2-4;;1-4(2)3;;;/h3-15,24,34H,2H3,(H,31,35);2-9H,1H3;2-9,14,16H,15H2,1H3;2-6H,1H3,(H,16,17);1-4H,(H,9,10);2-6H,1H3;7H,1-6H2;4H,1-3,5H2;;;3*1H/q;;;;;;;;+3;;;;/p-3. The van der Waals surface area contributed by atoms with Crippen molar-refractivity contribution in [2.45, 2.75) is 38.1 Å². The first-order chi connectivity index (χ1) is 61.5. The number of hydrogen-bond donors (Lipinski definition) is 10. The third kappa shape index (κ3) is 39.9. The van der Waals surface area contributed by atoms with Crippen LogP contribution in [0.4, 0.5) is 41.6 Å². The quantitative estimate of drug-likeness (QED) is 0.00415. The van der Waals surface area contributed by atoms with E-state index in [1.807, 2.05) is 72.8 Å². The summed E-state index contributed by atoms with van der Waals surface area (Å²) in [6.07, 6.45) is -3.68. The lowest BCUT2D eigenvalue weighted by molar-refractivity contribution is -0.385. The molecule has 2 aromatic heterocycles. The van der Waals surface area contributed by atoms with Crippen molar-refractivity contribution in [2.75, 3.05) is 72.2 Å². The molecule has 0 bridgehead atoms. The molecule has 1 fully saturated rings. The second-order valence-corrected chi connectivity index (χ2v) is 35.0. The number of nitriles is 1. The van der Waals surface area contributed by atoms with E-state index in [9.17, 15) is 62.8 Å². The van der Waals surface area contributed by atoms with Gasteiger partial charge in [0.1, 0.15) is 40.9 Å². The molecule has 41 heteroatoms. The highest BCUT2D eigenvalue weighted by Crippen LogP contribution is 2.33. The third-order valence-electron chi connectivity index (χ3n) is 16.9. The van der Waals surface area contributed by atoms with Gasteiger partial charge >= 0.3 is 29.5 Å². The Balaban J connectivity index is 0.000000324. The number of aromatic nitrogens is 4. The van der Waals surface area contributed by atoms with Crippen molar-refractivity contribution < 1.29 is 85.8 Å². The van der Waals surface area contributed by atoms with E-state index in [2.05, 4.69) is 47.0 Å². The van der Waals surface area contributed by atoms with E-state index >= 15 is 0 Å². The van der Waals surface area contributed by atoms with Gasteiger partial charge in [-0.05, 0) is 182 Å². The zero-order valence-electron chi connectivity index (χ0n) is 69.5. The number of nitrogens with one attached hydrogen (secondary N) is 2. The molecular formula is C88H89AlCl5F3N14O17S. The molecule has 1 saturated carbocycles. The number of ether oxygens (including phenoxy) is 4. The number of nitrogens with zero attached hydrogens (tertiary/aromatic N) is 8. The van der Waals surface area contributed by atoms with Gasteiger partial charge in [-0.25, -0.2) is 58.2 Å². The molecule has 2 unspecified atom stereocenters. The molecule has 13 rings (SSSR count). The summed E-state index contributed by atoms with van der Waals surface area (Å²) >= 11 is -1.72. The molecule has 1 aliphatic rings. The fraction of sp³-hybridized carbons (Fsp3) is 0.182. The lowest BCUT2D eigenvalue weighted by atomic mass is 10.0. The van der Waals surface area contributed by atoms with E-state index in [4.69, 9.17) is 98.3 Å². The van der Waals surface area contributed by atoms with Gasteiger partial charge in [-0.2, -0.15) is 28.6 Å².